The molecular weight excluding hydrogens is 385 g/mol. The Hall–Kier alpha value is -3.20. The Bertz CT molecular complexity index is 931. The maximum absolute atomic E-state index is 13.6. The molecule has 144 valence electrons. The van der Waals surface area contributed by atoms with Crippen LogP contribution in [0.15, 0.2) is 58.7 Å². The summed E-state index contributed by atoms with van der Waals surface area (Å²) < 4.78 is 19.1. The molecule has 9 heteroatoms. The number of ether oxygens (including phenoxy) is 1. The number of carbonyl (C=O) groups excluding carboxylic acids is 2. The third-order valence-electron chi connectivity index (χ3n) is 3.72. The minimum absolute atomic E-state index is 0.123. The van der Waals surface area contributed by atoms with Crippen molar-refractivity contribution in [3.05, 3.63) is 65.5 Å². The summed E-state index contributed by atoms with van der Waals surface area (Å²) >= 11 is 0.994. The predicted octanol–water partition coefficient (Wildman–Crippen LogP) is 1.47. The summed E-state index contributed by atoms with van der Waals surface area (Å²) in [5.74, 6) is -1.46. The SMILES string of the molecule is O=C([O-])C[C@H]1S/C(=N\N=C/c2ccc(OCc3ccccc3F)cc2)NC1=O. The van der Waals surface area contributed by atoms with Gasteiger partial charge in [-0.2, -0.15) is 5.10 Å². The Morgan fingerprint density at radius 1 is 1.25 bits per heavy atom. The summed E-state index contributed by atoms with van der Waals surface area (Å²) in [5, 5.41) is 20.3. The van der Waals surface area contributed by atoms with Gasteiger partial charge in [0.05, 0.1) is 11.5 Å². The first-order chi connectivity index (χ1) is 13.5. The standard InChI is InChI=1S/C19H16FN3O4S/c20-15-4-2-1-3-13(15)11-27-14-7-5-12(6-8-14)10-21-23-19-22-18(26)16(28-19)9-17(24)25/h1-8,10,16H,9,11H2,(H,24,25)(H,22,23,26)/p-1/b21-10-/t16-/m1/s1. The van der Waals surface area contributed by atoms with E-state index in [2.05, 4.69) is 15.5 Å². The fourth-order valence-corrected chi connectivity index (χ4v) is 3.22. The molecule has 2 aromatic carbocycles. The number of amidine groups is 1. The second-order valence-corrected chi connectivity index (χ2v) is 6.96. The number of hydrogen-bond donors (Lipinski definition) is 1. The number of carboxylic acids is 1. The van der Waals surface area contributed by atoms with Crippen molar-refractivity contribution < 1.29 is 23.8 Å². The Balaban J connectivity index is 1.53. The van der Waals surface area contributed by atoms with E-state index in [-0.39, 0.29) is 24.0 Å². The Labute approximate surface area is 164 Å². The van der Waals surface area contributed by atoms with Gasteiger partial charge in [0, 0.05) is 18.0 Å². The van der Waals surface area contributed by atoms with Gasteiger partial charge in [-0.25, -0.2) is 4.39 Å². The van der Waals surface area contributed by atoms with Crippen molar-refractivity contribution >= 4 is 35.0 Å². The van der Waals surface area contributed by atoms with E-state index in [0.29, 0.717) is 11.3 Å². The maximum atomic E-state index is 13.6. The molecule has 1 atom stereocenters. The van der Waals surface area contributed by atoms with E-state index >= 15 is 0 Å². The Morgan fingerprint density at radius 2 is 2.00 bits per heavy atom. The van der Waals surface area contributed by atoms with Crippen LogP contribution in [0.2, 0.25) is 0 Å². The first kappa shape index (κ1) is 19.6. The summed E-state index contributed by atoms with van der Waals surface area (Å²) in [6.45, 7) is 0.123. The van der Waals surface area contributed by atoms with E-state index in [0.717, 1.165) is 17.3 Å². The molecular formula is C19H15FN3O4S-. The molecule has 28 heavy (non-hydrogen) atoms. The highest BCUT2D eigenvalue weighted by atomic mass is 32.2. The van der Waals surface area contributed by atoms with Crippen LogP contribution in [0.25, 0.3) is 0 Å². The predicted molar refractivity (Wildman–Crippen MR) is 101 cm³/mol. The number of amides is 1. The molecule has 2 aromatic rings. The van der Waals surface area contributed by atoms with Gasteiger partial charge >= 0.3 is 0 Å². The highest BCUT2D eigenvalue weighted by Crippen LogP contribution is 2.22. The second kappa shape index (κ2) is 9.14. The van der Waals surface area contributed by atoms with E-state index in [1.54, 1.807) is 42.5 Å². The van der Waals surface area contributed by atoms with E-state index in [1.165, 1.54) is 12.3 Å². The molecule has 0 saturated carbocycles. The number of rotatable bonds is 7. The molecule has 0 bridgehead atoms. The molecule has 0 spiro atoms. The second-order valence-electron chi connectivity index (χ2n) is 5.77. The van der Waals surface area contributed by atoms with E-state index in [1.807, 2.05) is 0 Å². The number of benzene rings is 2. The van der Waals surface area contributed by atoms with Gasteiger partial charge in [-0.1, -0.05) is 30.0 Å². The minimum atomic E-state index is -1.30. The first-order valence-electron chi connectivity index (χ1n) is 8.26. The van der Waals surface area contributed by atoms with Gasteiger partial charge in [-0.05, 0) is 35.9 Å². The summed E-state index contributed by atoms with van der Waals surface area (Å²) in [6, 6.07) is 13.3. The van der Waals surface area contributed by atoms with E-state index < -0.39 is 17.1 Å². The zero-order valence-electron chi connectivity index (χ0n) is 14.5. The fraction of sp³-hybridized carbons (Fsp3) is 0.158. The first-order valence-corrected chi connectivity index (χ1v) is 9.14. The quantitative estimate of drug-likeness (QED) is 0.560. The van der Waals surface area contributed by atoms with Gasteiger partial charge in [-0.3, -0.25) is 4.79 Å². The van der Waals surface area contributed by atoms with Crippen LogP contribution >= 0.6 is 11.8 Å². The molecule has 1 fully saturated rings. The molecule has 0 aromatic heterocycles. The number of nitrogens with zero attached hydrogens (tertiary/aromatic N) is 2. The third kappa shape index (κ3) is 5.40. The molecule has 1 heterocycles. The lowest BCUT2D eigenvalue weighted by Crippen LogP contribution is -2.31. The van der Waals surface area contributed by atoms with E-state index in [4.69, 9.17) is 4.74 Å². The normalized spacial score (nSPS) is 17.8. The van der Waals surface area contributed by atoms with Crippen molar-refractivity contribution in [1.29, 1.82) is 0 Å². The van der Waals surface area contributed by atoms with Crippen LogP contribution in [0.4, 0.5) is 4.39 Å². The van der Waals surface area contributed by atoms with Gasteiger partial charge in [0.25, 0.3) is 0 Å². The zero-order chi connectivity index (χ0) is 19.9. The lowest BCUT2D eigenvalue weighted by atomic mass is 10.2. The van der Waals surface area contributed by atoms with Crippen molar-refractivity contribution in [2.24, 2.45) is 10.2 Å². The fourth-order valence-electron chi connectivity index (χ4n) is 2.31. The molecule has 1 N–H and O–H groups in total. The summed E-state index contributed by atoms with van der Waals surface area (Å²) in [6.07, 6.45) is 1.10. The Kier molecular flexibility index (Phi) is 6.38. The number of halogens is 1. The molecule has 1 aliphatic rings. The molecule has 0 unspecified atom stereocenters. The van der Waals surface area contributed by atoms with Gasteiger partial charge < -0.3 is 20.0 Å². The lowest BCUT2D eigenvalue weighted by molar-refractivity contribution is -0.305. The van der Waals surface area contributed by atoms with Crippen molar-refractivity contribution in [3.8, 4) is 5.75 Å². The third-order valence-corrected chi connectivity index (χ3v) is 4.79. The van der Waals surface area contributed by atoms with Gasteiger partial charge in [-0.15, -0.1) is 5.10 Å². The highest BCUT2D eigenvalue weighted by molar-refractivity contribution is 8.15. The smallest absolute Gasteiger partial charge is 0.239 e. The van der Waals surface area contributed by atoms with Gasteiger partial charge in [0.2, 0.25) is 5.91 Å². The van der Waals surface area contributed by atoms with Crippen LogP contribution in [0.3, 0.4) is 0 Å². The lowest BCUT2D eigenvalue weighted by Gasteiger charge is -2.07. The summed E-state index contributed by atoms with van der Waals surface area (Å²) in [5.41, 5.74) is 1.21. The molecule has 0 aliphatic carbocycles. The van der Waals surface area contributed by atoms with Crippen molar-refractivity contribution in [2.75, 3.05) is 0 Å². The number of aliphatic carboxylic acids is 1. The van der Waals surface area contributed by atoms with E-state index in [9.17, 15) is 19.1 Å². The van der Waals surface area contributed by atoms with Crippen LogP contribution in [0, 0.1) is 5.82 Å². The molecule has 7 nitrogen and oxygen atoms in total. The number of carboxylic acid groups (broad SMARTS) is 1. The number of thioether (sulfide) groups is 1. The average molecular weight is 400 g/mol. The maximum Gasteiger partial charge on any atom is 0.239 e. The largest absolute Gasteiger partial charge is 0.550 e. The molecule has 1 amide bonds. The monoisotopic (exact) mass is 400 g/mol. The molecule has 1 aliphatic heterocycles. The van der Waals surface area contributed by atoms with Crippen LogP contribution < -0.4 is 15.2 Å². The van der Waals surface area contributed by atoms with Crippen molar-refractivity contribution in [3.63, 3.8) is 0 Å². The highest BCUT2D eigenvalue weighted by Gasteiger charge is 2.30. The van der Waals surface area contributed by atoms with Crippen molar-refractivity contribution in [1.82, 2.24) is 5.32 Å². The Morgan fingerprint density at radius 3 is 2.71 bits per heavy atom. The van der Waals surface area contributed by atoms with Crippen LogP contribution in [-0.4, -0.2) is 28.5 Å². The van der Waals surface area contributed by atoms with Crippen molar-refractivity contribution in [2.45, 2.75) is 18.3 Å². The average Bonchev–Trinajstić information content (AvgIpc) is 3.01. The van der Waals surface area contributed by atoms with Crippen LogP contribution in [0.1, 0.15) is 17.5 Å². The summed E-state index contributed by atoms with van der Waals surface area (Å²) in [7, 11) is 0. The zero-order valence-corrected chi connectivity index (χ0v) is 15.3. The minimum Gasteiger partial charge on any atom is -0.550 e. The number of nitrogens with one attached hydrogen (secondary N) is 1. The van der Waals surface area contributed by atoms with Gasteiger partial charge in [0.15, 0.2) is 5.17 Å². The molecule has 1 saturated heterocycles. The summed E-state index contributed by atoms with van der Waals surface area (Å²) in [4.78, 5) is 22.2. The van der Waals surface area contributed by atoms with Crippen LogP contribution in [0.5, 0.6) is 5.75 Å². The molecule has 3 rings (SSSR count). The topological polar surface area (TPSA) is 103 Å². The van der Waals surface area contributed by atoms with Crippen LogP contribution in [-0.2, 0) is 16.2 Å². The number of hydrogen-bond acceptors (Lipinski definition) is 7. The molecule has 0 radical (unpaired) electrons. The number of carbonyl (C=O) groups is 2. The van der Waals surface area contributed by atoms with Gasteiger partial charge in [0.1, 0.15) is 18.2 Å².